The van der Waals surface area contributed by atoms with Crippen LogP contribution in [-0.4, -0.2) is 47.3 Å². The molecule has 2 aromatic carbocycles. The molecule has 5 rings (SSSR count). The molecule has 2 fully saturated rings. The van der Waals surface area contributed by atoms with Crippen LogP contribution >= 0.6 is 22.6 Å². The first-order valence-electron chi connectivity index (χ1n) is 9.17. The fraction of sp³-hybridized carbons (Fsp3) is 0.400. The minimum atomic E-state index is -0.155. The molecular weight excluding hydrogens is 441 g/mol. The van der Waals surface area contributed by atoms with Crippen molar-refractivity contribution in [3.63, 3.8) is 0 Å². The second-order valence-corrected chi connectivity index (χ2v) is 8.75. The summed E-state index contributed by atoms with van der Waals surface area (Å²) < 4.78 is 0.859. The van der Waals surface area contributed by atoms with Gasteiger partial charge in [-0.2, -0.15) is 0 Å². The Kier molecular flexibility index (Phi) is 3.76. The van der Waals surface area contributed by atoms with Gasteiger partial charge in [0, 0.05) is 44.6 Å². The first-order chi connectivity index (χ1) is 12.6. The van der Waals surface area contributed by atoms with E-state index in [1.54, 1.807) is 4.90 Å². The molecule has 2 aromatic rings. The molecule has 2 N–H and O–H groups in total. The van der Waals surface area contributed by atoms with Crippen molar-refractivity contribution >= 4 is 50.9 Å². The van der Waals surface area contributed by atoms with Crippen LogP contribution in [0.15, 0.2) is 24.3 Å². The number of nitrogens with zero attached hydrogens (tertiary/aromatic N) is 2. The molecular formula is C20H20IN3O2. The van der Waals surface area contributed by atoms with Crippen molar-refractivity contribution in [2.24, 2.45) is 5.92 Å². The molecule has 0 radical (unpaired) electrons. The number of fused-ring (bicyclic) bond motifs is 2. The topological polar surface area (TPSA) is 66.6 Å². The summed E-state index contributed by atoms with van der Waals surface area (Å²) in [6.07, 6.45) is 3.12. The number of hydrogen-bond acceptors (Lipinski definition) is 4. The summed E-state index contributed by atoms with van der Waals surface area (Å²) in [5.74, 6) is 0.0809. The standard InChI is InChI=1S/C20H20IN3O2/c21-15-9-14-17-12(18(15)22)4-1-5-13(17)19(25)24(20(14)26)16-6-8-23-7-2-3-11(16)10-23/h1,4-5,9,11,16H,2-3,6-8,10,22H2. The second-order valence-electron chi connectivity index (χ2n) is 7.59. The lowest BCUT2D eigenvalue weighted by atomic mass is 9.82. The van der Waals surface area contributed by atoms with Gasteiger partial charge in [0.2, 0.25) is 0 Å². The van der Waals surface area contributed by atoms with Gasteiger partial charge >= 0.3 is 0 Å². The van der Waals surface area contributed by atoms with Gasteiger partial charge in [-0.25, -0.2) is 0 Å². The van der Waals surface area contributed by atoms with E-state index in [4.69, 9.17) is 5.73 Å². The number of anilines is 1. The highest BCUT2D eigenvalue weighted by molar-refractivity contribution is 14.1. The second kappa shape index (κ2) is 5.92. The summed E-state index contributed by atoms with van der Waals surface area (Å²) in [6.45, 7) is 3.11. The Balaban J connectivity index is 1.66. The van der Waals surface area contributed by atoms with Crippen LogP contribution in [0.1, 0.15) is 40.0 Å². The van der Waals surface area contributed by atoms with Crippen molar-refractivity contribution in [1.82, 2.24) is 9.80 Å². The third-order valence-corrected chi connectivity index (χ3v) is 7.10. The fourth-order valence-corrected chi connectivity index (χ4v) is 5.57. The van der Waals surface area contributed by atoms with Crippen LogP contribution in [-0.2, 0) is 0 Å². The molecule has 3 aliphatic heterocycles. The molecule has 0 spiro atoms. The summed E-state index contributed by atoms with van der Waals surface area (Å²) >= 11 is 2.17. The summed E-state index contributed by atoms with van der Waals surface area (Å²) in [4.78, 5) is 30.7. The number of carbonyl (C=O) groups is 2. The monoisotopic (exact) mass is 461 g/mol. The lowest BCUT2D eigenvalue weighted by Crippen LogP contribution is -2.57. The molecule has 3 atom stereocenters. The Morgan fingerprint density at radius 1 is 1.08 bits per heavy atom. The van der Waals surface area contributed by atoms with Crippen LogP contribution in [0.3, 0.4) is 0 Å². The number of nitrogens with two attached hydrogens (primary N) is 1. The molecule has 2 amide bonds. The summed E-state index contributed by atoms with van der Waals surface area (Å²) in [5.41, 5.74) is 8.09. The Bertz CT molecular complexity index is 958. The van der Waals surface area contributed by atoms with Gasteiger partial charge in [0.1, 0.15) is 0 Å². The Morgan fingerprint density at radius 2 is 1.88 bits per heavy atom. The lowest BCUT2D eigenvalue weighted by Gasteiger charge is -2.47. The zero-order valence-electron chi connectivity index (χ0n) is 14.4. The van der Waals surface area contributed by atoms with Gasteiger partial charge in [-0.1, -0.05) is 12.1 Å². The van der Waals surface area contributed by atoms with Crippen LogP contribution in [0.25, 0.3) is 10.8 Å². The van der Waals surface area contributed by atoms with Gasteiger partial charge in [-0.05, 0) is 66.4 Å². The van der Waals surface area contributed by atoms with E-state index in [1.165, 1.54) is 0 Å². The summed E-state index contributed by atoms with van der Waals surface area (Å²) in [6, 6.07) is 7.44. The van der Waals surface area contributed by atoms with Crippen molar-refractivity contribution in [3.05, 3.63) is 39.0 Å². The van der Waals surface area contributed by atoms with Gasteiger partial charge in [-0.3, -0.25) is 14.5 Å². The Labute approximate surface area is 165 Å². The number of amides is 2. The fourth-order valence-electron chi connectivity index (χ4n) is 4.97. The smallest absolute Gasteiger partial charge is 0.261 e. The maximum atomic E-state index is 13.4. The van der Waals surface area contributed by atoms with Crippen LogP contribution < -0.4 is 5.73 Å². The largest absolute Gasteiger partial charge is 0.397 e. The molecule has 5 nitrogen and oxygen atoms in total. The lowest BCUT2D eigenvalue weighted by molar-refractivity contribution is 0.0211. The number of piperidine rings is 2. The average molecular weight is 461 g/mol. The Morgan fingerprint density at radius 3 is 2.73 bits per heavy atom. The number of rotatable bonds is 1. The number of benzene rings is 2. The van der Waals surface area contributed by atoms with Crippen LogP contribution in [0, 0.1) is 9.49 Å². The normalized spacial score (nSPS) is 27.9. The van der Waals surface area contributed by atoms with Crippen molar-refractivity contribution < 1.29 is 9.59 Å². The maximum absolute atomic E-state index is 13.4. The van der Waals surface area contributed by atoms with E-state index in [2.05, 4.69) is 27.5 Å². The van der Waals surface area contributed by atoms with Gasteiger partial charge in [0.15, 0.2) is 0 Å². The van der Waals surface area contributed by atoms with Crippen molar-refractivity contribution in [3.8, 4) is 0 Å². The van der Waals surface area contributed by atoms with Gasteiger partial charge in [0.05, 0.1) is 5.69 Å². The highest BCUT2D eigenvalue weighted by Gasteiger charge is 2.43. The quantitative estimate of drug-likeness (QED) is 0.403. The van der Waals surface area contributed by atoms with E-state index in [0.29, 0.717) is 22.7 Å². The highest BCUT2D eigenvalue weighted by atomic mass is 127. The van der Waals surface area contributed by atoms with E-state index in [1.807, 2.05) is 24.3 Å². The van der Waals surface area contributed by atoms with Crippen molar-refractivity contribution in [2.75, 3.05) is 25.4 Å². The third-order valence-electron chi connectivity index (χ3n) is 6.21. The average Bonchev–Trinajstić information content (AvgIpc) is 2.65. The zero-order valence-corrected chi connectivity index (χ0v) is 16.5. The minimum absolute atomic E-state index is 0.00479. The first-order valence-corrected chi connectivity index (χ1v) is 10.2. The third kappa shape index (κ3) is 2.24. The predicted molar refractivity (Wildman–Crippen MR) is 109 cm³/mol. The predicted octanol–water partition coefficient (Wildman–Crippen LogP) is 3.11. The molecule has 2 saturated heterocycles. The Hall–Kier alpha value is -1.67. The zero-order chi connectivity index (χ0) is 18.0. The molecule has 3 unspecified atom stereocenters. The molecule has 26 heavy (non-hydrogen) atoms. The van der Waals surface area contributed by atoms with E-state index < -0.39 is 0 Å². The summed E-state index contributed by atoms with van der Waals surface area (Å²) in [5, 5.41) is 1.52. The maximum Gasteiger partial charge on any atom is 0.261 e. The van der Waals surface area contributed by atoms with E-state index >= 15 is 0 Å². The number of carbonyl (C=O) groups excluding carboxylic acids is 2. The van der Waals surface area contributed by atoms with Gasteiger partial charge in [-0.15, -0.1) is 0 Å². The van der Waals surface area contributed by atoms with Crippen molar-refractivity contribution in [1.29, 1.82) is 0 Å². The summed E-state index contributed by atoms with van der Waals surface area (Å²) in [7, 11) is 0. The SMILES string of the molecule is Nc1c(I)cc2c3c(cccc13)C(=O)N(C1CCN3CCCC1C3)C2=O. The van der Waals surface area contributed by atoms with Crippen LogP contribution in [0.2, 0.25) is 0 Å². The molecule has 134 valence electrons. The first kappa shape index (κ1) is 16.5. The van der Waals surface area contributed by atoms with E-state index in [9.17, 15) is 9.59 Å². The molecule has 3 heterocycles. The molecule has 6 heteroatoms. The highest BCUT2D eigenvalue weighted by Crippen LogP contribution is 2.39. The number of halogens is 1. The molecule has 3 aliphatic rings. The number of hydrogen-bond donors (Lipinski definition) is 1. The van der Waals surface area contributed by atoms with Crippen LogP contribution in [0.4, 0.5) is 5.69 Å². The van der Waals surface area contributed by atoms with Gasteiger partial charge < -0.3 is 10.6 Å². The minimum Gasteiger partial charge on any atom is -0.397 e. The number of imide groups is 1. The molecule has 0 aromatic heterocycles. The molecule has 0 saturated carbocycles. The van der Waals surface area contributed by atoms with E-state index in [-0.39, 0.29) is 17.9 Å². The van der Waals surface area contributed by atoms with Crippen LogP contribution in [0.5, 0.6) is 0 Å². The van der Waals surface area contributed by atoms with Gasteiger partial charge in [0.25, 0.3) is 11.8 Å². The molecule has 0 aliphatic carbocycles. The van der Waals surface area contributed by atoms with E-state index in [0.717, 1.165) is 53.2 Å². The van der Waals surface area contributed by atoms with Crippen molar-refractivity contribution in [2.45, 2.75) is 25.3 Å². The number of nitrogen functional groups attached to an aromatic ring is 1. The molecule has 2 bridgehead atoms.